The lowest BCUT2D eigenvalue weighted by Crippen LogP contribution is -2.26. The fourth-order valence-corrected chi connectivity index (χ4v) is 5.07. The molecule has 7 nitrogen and oxygen atoms in total. The van der Waals surface area contributed by atoms with Crippen molar-refractivity contribution >= 4 is 51.5 Å². The Balaban J connectivity index is 1.40. The highest BCUT2D eigenvalue weighted by molar-refractivity contribution is 8.00. The van der Waals surface area contributed by atoms with E-state index in [2.05, 4.69) is 15.2 Å². The lowest BCUT2D eigenvalue weighted by atomic mass is 10.2. The molecule has 9 heteroatoms. The van der Waals surface area contributed by atoms with Crippen LogP contribution in [-0.2, 0) is 11.3 Å². The lowest BCUT2D eigenvalue weighted by molar-refractivity contribution is -0.113. The van der Waals surface area contributed by atoms with Gasteiger partial charge in [-0.05, 0) is 29.6 Å². The Morgan fingerprint density at radius 1 is 1.06 bits per heavy atom. The number of nitrogens with zero attached hydrogens (tertiary/aromatic N) is 1. The summed E-state index contributed by atoms with van der Waals surface area (Å²) in [7, 11) is 3.14. The lowest BCUT2D eigenvalue weighted by Gasteiger charge is -2.11. The molecule has 0 fully saturated rings. The van der Waals surface area contributed by atoms with Crippen molar-refractivity contribution in [3.8, 4) is 11.5 Å². The first-order valence-electron chi connectivity index (χ1n) is 10.6. The van der Waals surface area contributed by atoms with Crippen molar-refractivity contribution in [1.82, 2.24) is 9.88 Å². The summed E-state index contributed by atoms with van der Waals surface area (Å²) in [6, 6.07) is 17.0. The van der Waals surface area contributed by atoms with E-state index in [-0.39, 0.29) is 17.6 Å². The maximum atomic E-state index is 12.7. The molecule has 2 heterocycles. The van der Waals surface area contributed by atoms with Gasteiger partial charge in [-0.1, -0.05) is 24.3 Å². The van der Waals surface area contributed by atoms with Crippen LogP contribution in [0.1, 0.15) is 9.67 Å². The number of hydrogen-bond acceptors (Lipinski definition) is 6. The van der Waals surface area contributed by atoms with Crippen LogP contribution < -0.4 is 20.1 Å². The smallest absolute Gasteiger partial charge is 0.261 e. The molecule has 0 saturated carbocycles. The van der Waals surface area contributed by atoms with E-state index in [4.69, 9.17) is 9.47 Å². The maximum Gasteiger partial charge on any atom is 0.261 e. The topological polar surface area (TPSA) is 81.6 Å². The number of fused-ring (bicyclic) bond motifs is 1. The van der Waals surface area contributed by atoms with Gasteiger partial charge in [0.25, 0.3) is 5.91 Å². The summed E-state index contributed by atoms with van der Waals surface area (Å²) in [5, 5.41) is 8.83. The van der Waals surface area contributed by atoms with E-state index in [1.54, 1.807) is 32.4 Å². The quantitative estimate of drug-likeness (QED) is 0.307. The van der Waals surface area contributed by atoms with Gasteiger partial charge in [-0.15, -0.1) is 23.1 Å². The minimum absolute atomic E-state index is 0.0642. The van der Waals surface area contributed by atoms with Gasteiger partial charge >= 0.3 is 0 Å². The fraction of sp³-hybridized carbons (Fsp3) is 0.200. The number of rotatable bonds is 10. The molecule has 0 saturated heterocycles. The summed E-state index contributed by atoms with van der Waals surface area (Å²) in [4.78, 5) is 26.6. The molecule has 2 N–H and O–H groups in total. The molecule has 0 aliphatic rings. The highest BCUT2D eigenvalue weighted by Gasteiger charge is 2.13. The van der Waals surface area contributed by atoms with Crippen molar-refractivity contribution in [3.63, 3.8) is 0 Å². The van der Waals surface area contributed by atoms with Crippen molar-refractivity contribution in [1.29, 1.82) is 0 Å². The zero-order valence-electron chi connectivity index (χ0n) is 18.9. The number of aromatic nitrogens is 1. The van der Waals surface area contributed by atoms with Crippen LogP contribution in [0.3, 0.4) is 0 Å². The number of thioether (sulfide) groups is 1. The zero-order valence-corrected chi connectivity index (χ0v) is 20.5. The molecule has 0 unspecified atom stereocenters. The number of carbonyl (C=O) groups is 2. The molecule has 0 aliphatic heterocycles. The minimum atomic E-state index is -0.142. The molecule has 34 heavy (non-hydrogen) atoms. The molecule has 0 bridgehead atoms. The van der Waals surface area contributed by atoms with Crippen molar-refractivity contribution < 1.29 is 19.1 Å². The van der Waals surface area contributed by atoms with Crippen LogP contribution in [-0.4, -0.2) is 42.9 Å². The fourth-order valence-electron chi connectivity index (χ4n) is 3.54. The molecule has 0 spiro atoms. The second kappa shape index (κ2) is 11.1. The third kappa shape index (κ3) is 5.55. The molecule has 4 aromatic rings. The Labute approximate surface area is 206 Å². The zero-order chi connectivity index (χ0) is 23.9. The molecule has 2 aromatic carbocycles. The van der Waals surface area contributed by atoms with Gasteiger partial charge in [0.1, 0.15) is 11.5 Å². The Morgan fingerprint density at radius 3 is 2.68 bits per heavy atom. The molecule has 0 aliphatic carbocycles. The van der Waals surface area contributed by atoms with Crippen LogP contribution in [0, 0.1) is 0 Å². The molecule has 0 radical (unpaired) electrons. The predicted molar refractivity (Wildman–Crippen MR) is 137 cm³/mol. The average molecular weight is 496 g/mol. The summed E-state index contributed by atoms with van der Waals surface area (Å²) >= 11 is 2.89. The first-order chi connectivity index (χ1) is 16.6. The van der Waals surface area contributed by atoms with Gasteiger partial charge in [0.05, 0.1) is 30.5 Å². The van der Waals surface area contributed by atoms with Crippen LogP contribution in [0.2, 0.25) is 0 Å². The number of carbonyl (C=O) groups excluding carboxylic acids is 2. The van der Waals surface area contributed by atoms with Crippen molar-refractivity contribution in [2.24, 2.45) is 0 Å². The van der Waals surface area contributed by atoms with Crippen molar-refractivity contribution in [2.45, 2.75) is 11.4 Å². The monoisotopic (exact) mass is 495 g/mol. The first-order valence-corrected chi connectivity index (χ1v) is 12.5. The molecule has 2 amide bonds. The number of thiophene rings is 1. The summed E-state index contributed by atoms with van der Waals surface area (Å²) in [6.45, 7) is 1.14. The maximum absolute atomic E-state index is 12.7. The Hall–Kier alpha value is -3.43. The molecule has 0 atom stereocenters. The summed E-state index contributed by atoms with van der Waals surface area (Å²) in [5.41, 5.74) is 1.63. The van der Waals surface area contributed by atoms with Crippen LogP contribution in [0.4, 0.5) is 5.69 Å². The number of hydrogen-bond donors (Lipinski definition) is 2. The third-order valence-corrected chi connectivity index (χ3v) is 7.09. The predicted octanol–water partition coefficient (Wildman–Crippen LogP) is 4.88. The number of methoxy groups -OCH3 is 2. The van der Waals surface area contributed by atoms with E-state index in [9.17, 15) is 9.59 Å². The van der Waals surface area contributed by atoms with Crippen molar-refractivity contribution in [2.75, 3.05) is 31.8 Å². The van der Waals surface area contributed by atoms with Crippen LogP contribution in [0.15, 0.2) is 71.1 Å². The summed E-state index contributed by atoms with van der Waals surface area (Å²) in [6.07, 6.45) is 2.03. The Kier molecular flexibility index (Phi) is 7.76. The van der Waals surface area contributed by atoms with Crippen molar-refractivity contribution in [3.05, 3.63) is 71.1 Å². The summed E-state index contributed by atoms with van der Waals surface area (Å²) in [5.74, 6) is 1.24. The Morgan fingerprint density at radius 2 is 1.91 bits per heavy atom. The third-order valence-electron chi connectivity index (χ3n) is 5.17. The van der Waals surface area contributed by atoms with E-state index in [0.717, 1.165) is 15.8 Å². The number of anilines is 1. The van der Waals surface area contributed by atoms with Gasteiger partial charge in [0.15, 0.2) is 0 Å². The number of amides is 2. The van der Waals surface area contributed by atoms with E-state index in [1.165, 1.54) is 23.1 Å². The van der Waals surface area contributed by atoms with Gasteiger partial charge in [0, 0.05) is 41.2 Å². The molecule has 2 aromatic heterocycles. The van der Waals surface area contributed by atoms with E-state index in [1.807, 2.05) is 48.0 Å². The van der Waals surface area contributed by atoms with Gasteiger partial charge in [0.2, 0.25) is 5.91 Å². The molecular formula is C25H25N3O4S2. The molecule has 176 valence electrons. The second-order valence-corrected chi connectivity index (χ2v) is 9.31. The number of nitrogens with one attached hydrogen (secondary N) is 2. The largest absolute Gasteiger partial charge is 0.497 e. The van der Waals surface area contributed by atoms with Crippen LogP contribution in [0.5, 0.6) is 11.5 Å². The SMILES string of the molecule is COc1ccc(OC)c(NC(=O)CSc2cn(CCNC(=O)c3cccs3)c3ccccc23)c1. The van der Waals surface area contributed by atoms with E-state index in [0.29, 0.717) is 35.2 Å². The average Bonchev–Trinajstić information content (AvgIpc) is 3.52. The summed E-state index contributed by atoms with van der Waals surface area (Å²) < 4.78 is 12.7. The number of ether oxygens (including phenoxy) is 2. The minimum Gasteiger partial charge on any atom is -0.497 e. The standard InChI is InChI=1S/C25H25N3O4S2/c1-31-17-9-10-21(32-2)19(14-17)27-24(29)16-34-23-15-28(20-7-4-3-6-18(20)23)12-11-26-25(30)22-8-5-13-33-22/h3-10,13-15H,11-12,16H2,1-2H3,(H,26,30)(H,27,29). The van der Waals surface area contributed by atoms with E-state index >= 15 is 0 Å². The number of benzene rings is 2. The highest BCUT2D eigenvalue weighted by Crippen LogP contribution is 2.32. The Bertz CT molecular complexity index is 1280. The number of para-hydroxylation sites is 1. The second-order valence-electron chi connectivity index (χ2n) is 7.34. The normalized spacial score (nSPS) is 10.8. The molecule has 4 rings (SSSR count). The van der Waals surface area contributed by atoms with E-state index < -0.39 is 0 Å². The molecular weight excluding hydrogens is 470 g/mol. The van der Waals surface area contributed by atoms with Gasteiger partial charge < -0.3 is 24.7 Å². The first kappa shape index (κ1) is 23.7. The van der Waals surface area contributed by atoms with Gasteiger partial charge in [-0.2, -0.15) is 0 Å². The van der Waals surface area contributed by atoms with Crippen LogP contribution in [0.25, 0.3) is 10.9 Å². The van der Waals surface area contributed by atoms with Crippen LogP contribution >= 0.6 is 23.1 Å². The highest BCUT2D eigenvalue weighted by atomic mass is 32.2. The van der Waals surface area contributed by atoms with Gasteiger partial charge in [-0.3, -0.25) is 9.59 Å². The van der Waals surface area contributed by atoms with Gasteiger partial charge in [-0.25, -0.2) is 0 Å².